The lowest BCUT2D eigenvalue weighted by Crippen LogP contribution is -2.41. The highest BCUT2D eigenvalue weighted by Gasteiger charge is 2.15. The number of carbonyl (C=O) groups excluding carboxylic acids is 1. The molecule has 0 unspecified atom stereocenters. The van der Waals surface area contributed by atoms with Crippen molar-refractivity contribution in [2.75, 3.05) is 26.7 Å². The molecule has 0 bridgehead atoms. The van der Waals surface area contributed by atoms with Crippen molar-refractivity contribution in [3.63, 3.8) is 0 Å². The summed E-state index contributed by atoms with van der Waals surface area (Å²) in [5.41, 5.74) is 1.17. The van der Waals surface area contributed by atoms with Gasteiger partial charge in [0.15, 0.2) is 5.96 Å². The molecule has 0 saturated heterocycles. The van der Waals surface area contributed by atoms with Gasteiger partial charge in [-0.2, -0.15) is 0 Å². The number of rotatable bonds is 8. The molecule has 28 heavy (non-hydrogen) atoms. The van der Waals surface area contributed by atoms with Crippen LogP contribution >= 0.6 is 24.0 Å². The fourth-order valence-corrected chi connectivity index (χ4v) is 3.34. The van der Waals surface area contributed by atoms with Gasteiger partial charge in [0.1, 0.15) is 12.3 Å². The van der Waals surface area contributed by atoms with E-state index in [4.69, 9.17) is 4.74 Å². The van der Waals surface area contributed by atoms with E-state index in [1.165, 1.54) is 24.8 Å². The monoisotopic (exact) mass is 502 g/mol. The molecule has 1 amide bonds. The smallest absolute Gasteiger partial charge is 0.242 e. The van der Waals surface area contributed by atoms with Gasteiger partial charge in [-0.3, -0.25) is 4.79 Å². The fraction of sp³-hybridized carbons (Fsp3) is 0.619. The minimum atomic E-state index is 0. The van der Waals surface area contributed by atoms with E-state index in [0.29, 0.717) is 19.2 Å². The van der Waals surface area contributed by atoms with E-state index < -0.39 is 0 Å². The number of hydrogen-bond donors (Lipinski definition) is 2. The van der Waals surface area contributed by atoms with Crippen LogP contribution in [-0.4, -0.2) is 49.6 Å². The van der Waals surface area contributed by atoms with Gasteiger partial charge in [0.2, 0.25) is 5.91 Å². The van der Waals surface area contributed by atoms with E-state index >= 15 is 0 Å². The maximum atomic E-state index is 12.2. The van der Waals surface area contributed by atoms with Gasteiger partial charge >= 0.3 is 0 Å². The van der Waals surface area contributed by atoms with E-state index in [1.807, 2.05) is 37.9 Å². The molecular formula is C21H35IN4O2. The SMILES string of the molecule is CCNC(=NCC(=O)NC1CCCCC1)N(C)Cc1ccc(OCC)cc1.I. The molecule has 1 aromatic carbocycles. The van der Waals surface area contributed by atoms with Gasteiger partial charge in [-0.15, -0.1) is 24.0 Å². The number of aliphatic imine (C=N–C) groups is 1. The first kappa shape index (κ1) is 24.5. The summed E-state index contributed by atoms with van der Waals surface area (Å²) in [5, 5.41) is 6.38. The number of nitrogens with zero attached hydrogens (tertiary/aromatic N) is 2. The van der Waals surface area contributed by atoms with Gasteiger partial charge in [0.05, 0.1) is 6.61 Å². The van der Waals surface area contributed by atoms with Crippen LogP contribution in [0.25, 0.3) is 0 Å². The molecule has 2 N–H and O–H groups in total. The third kappa shape index (κ3) is 8.67. The Balaban J connectivity index is 0.00000392. The van der Waals surface area contributed by atoms with Crippen LogP contribution in [0.1, 0.15) is 51.5 Å². The van der Waals surface area contributed by atoms with E-state index in [2.05, 4.69) is 27.8 Å². The van der Waals surface area contributed by atoms with Gasteiger partial charge in [-0.05, 0) is 44.4 Å². The van der Waals surface area contributed by atoms with Crippen LogP contribution in [0.2, 0.25) is 0 Å². The number of ether oxygens (including phenoxy) is 1. The first-order chi connectivity index (χ1) is 13.1. The van der Waals surface area contributed by atoms with Crippen LogP contribution < -0.4 is 15.4 Å². The normalized spacial score (nSPS) is 14.8. The lowest BCUT2D eigenvalue weighted by atomic mass is 9.95. The molecule has 6 nitrogen and oxygen atoms in total. The number of carbonyl (C=O) groups is 1. The second-order valence-corrected chi connectivity index (χ2v) is 7.01. The van der Waals surface area contributed by atoms with Gasteiger partial charge in [-0.25, -0.2) is 4.99 Å². The summed E-state index contributed by atoms with van der Waals surface area (Å²) in [5.74, 6) is 1.63. The van der Waals surface area contributed by atoms with Gasteiger partial charge in [-0.1, -0.05) is 31.4 Å². The number of benzene rings is 1. The number of halogens is 1. The predicted octanol–water partition coefficient (Wildman–Crippen LogP) is 3.55. The first-order valence-electron chi connectivity index (χ1n) is 10.1. The molecule has 0 aromatic heterocycles. The largest absolute Gasteiger partial charge is 0.494 e. The van der Waals surface area contributed by atoms with Crippen molar-refractivity contribution in [1.29, 1.82) is 0 Å². The Morgan fingerprint density at radius 3 is 2.46 bits per heavy atom. The highest BCUT2D eigenvalue weighted by Crippen LogP contribution is 2.17. The van der Waals surface area contributed by atoms with Crippen molar-refractivity contribution in [2.24, 2.45) is 4.99 Å². The van der Waals surface area contributed by atoms with E-state index in [9.17, 15) is 4.79 Å². The summed E-state index contributed by atoms with van der Waals surface area (Å²) in [6.45, 7) is 6.30. The number of hydrogen-bond acceptors (Lipinski definition) is 3. The molecule has 1 aromatic rings. The van der Waals surface area contributed by atoms with E-state index in [0.717, 1.165) is 31.1 Å². The lowest BCUT2D eigenvalue weighted by Gasteiger charge is -2.24. The van der Waals surface area contributed by atoms with Crippen LogP contribution in [0.5, 0.6) is 5.75 Å². The molecule has 1 aliphatic carbocycles. The van der Waals surface area contributed by atoms with Gasteiger partial charge in [0, 0.05) is 26.2 Å². The minimum Gasteiger partial charge on any atom is -0.494 e. The van der Waals surface area contributed by atoms with Crippen molar-refractivity contribution in [3.8, 4) is 5.75 Å². The molecule has 1 aliphatic rings. The Morgan fingerprint density at radius 2 is 1.86 bits per heavy atom. The Hall–Kier alpha value is -1.51. The molecule has 2 rings (SSSR count). The highest BCUT2D eigenvalue weighted by molar-refractivity contribution is 14.0. The molecule has 0 heterocycles. The molecule has 7 heteroatoms. The van der Waals surface area contributed by atoms with Crippen LogP contribution in [0.3, 0.4) is 0 Å². The Bertz CT molecular complexity index is 601. The van der Waals surface area contributed by atoms with E-state index in [-0.39, 0.29) is 36.4 Å². The Labute approximate surface area is 186 Å². The van der Waals surface area contributed by atoms with Gasteiger partial charge in [0.25, 0.3) is 0 Å². The number of nitrogens with one attached hydrogen (secondary N) is 2. The highest BCUT2D eigenvalue weighted by atomic mass is 127. The van der Waals surface area contributed by atoms with Crippen molar-refractivity contribution in [1.82, 2.24) is 15.5 Å². The summed E-state index contributed by atoms with van der Waals surface area (Å²) in [4.78, 5) is 18.8. The zero-order chi connectivity index (χ0) is 19.5. The summed E-state index contributed by atoms with van der Waals surface area (Å²) >= 11 is 0. The first-order valence-corrected chi connectivity index (χ1v) is 10.1. The van der Waals surface area contributed by atoms with E-state index in [1.54, 1.807) is 0 Å². The van der Waals surface area contributed by atoms with Crippen molar-refractivity contribution < 1.29 is 9.53 Å². The molecule has 0 atom stereocenters. The van der Waals surface area contributed by atoms with Crippen molar-refractivity contribution in [3.05, 3.63) is 29.8 Å². The van der Waals surface area contributed by atoms with Crippen LogP contribution in [0, 0.1) is 0 Å². The summed E-state index contributed by atoms with van der Waals surface area (Å²) in [6, 6.07) is 8.40. The zero-order valence-electron chi connectivity index (χ0n) is 17.4. The molecular weight excluding hydrogens is 467 g/mol. The van der Waals surface area contributed by atoms with Crippen LogP contribution in [0.4, 0.5) is 0 Å². The second kappa shape index (κ2) is 13.6. The third-order valence-electron chi connectivity index (χ3n) is 4.69. The summed E-state index contributed by atoms with van der Waals surface area (Å²) in [6.07, 6.45) is 5.88. The molecule has 0 spiro atoms. The maximum Gasteiger partial charge on any atom is 0.242 e. The average molecular weight is 502 g/mol. The quantitative estimate of drug-likeness (QED) is 0.324. The fourth-order valence-electron chi connectivity index (χ4n) is 3.34. The minimum absolute atomic E-state index is 0. The molecule has 0 radical (unpaired) electrons. The predicted molar refractivity (Wildman–Crippen MR) is 125 cm³/mol. The molecule has 1 fully saturated rings. The topological polar surface area (TPSA) is 66.0 Å². The number of guanidine groups is 1. The molecule has 158 valence electrons. The van der Waals surface area contributed by atoms with Crippen LogP contribution in [-0.2, 0) is 11.3 Å². The van der Waals surface area contributed by atoms with Crippen LogP contribution in [0.15, 0.2) is 29.3 Å². The second-order valence-electron chi connectivity index (χ2n) is 7.01. The lowest BCUT2D eigenvalue weighted by molar-refractivity contribution is -0.120. The van der Waals surface area contributed by atoms with Crippen molar-refractivity contribution >= 4 is 35.8 Å². The number of amides is 1. The standard InChI is InChI=1S/C21H34N4O2.HI/c1-4-22-21(23-15-20(26)24-18-9-7-6-8-10-18)25(3)16-17-11-13-19(14-12-17)27-5-2;/h11-14,18H,4-10,15-16H2,1-3H3,(H,22,23)(H,24,26);1H. The molecule has 0 aliphatic heterocycles. The Kier molecular flexibility index (Phi) is 11.9. The molecule has 1 saturated carbocycles. The van der Waals surface area contributed by atoms with Crippen molar-refractivity contribution in [2.45, 2.75) is 58.5 Å². The summed E-state index contributed by atoms with van der Waals surface area (Å²) in [7, 11) is 1.98. The van der Waals surface area contributed by atoms with Gasteiger partial charge < -0.3 is 20.3 Å². The zero-order valence-corrected chi connectivity index (χ0v) is 19.7. The summed E-state index contributed by atoms with van der Waals surface area (Å²) < 4.78 is 5.48. The maximum absolute atomic E-state index is 12.2. The Morgan fingerprint density at radius 1 is 1.18 bits per heavy atom. The average Bonchev–Trinajstić information content (AvgIpc) is 2.67. The third-order valence-corrected chi connectivity index (χ3v) is 4.69.